The topological polar surface area (TPSA) is 79.9 Å². The number of benzene rings is 2. The second-order valence-corrected chi connectivity index (χ2v) is 8.20. The van der Waals surface area contributed by atoms with Crippen molar-refractivity contribution < 1.29 is 19.1 Å². The van der Waals surface area contributed by atoms with Gasteiger partial charge in [0.2, 0.25) is 11.8 Å². The summed E-state index contributed by atoms with van der Waals surface area (Å²) in [5.74, 6) is 0.112. The molecule has 1 saturated heterocycles. The van der Waals surface area contributed by atoms with E-state index in [-0.39, 0.29) is 24.3 Å². The van der Waals surface area contributed by atoms with Crippen molar-refractivity contribution in [2.24, 2.45) is 0 Å². The number of nitrogens with zero attached hydrogens (tertiary/aromatic N) is 1. The molecule has 8 heteroatoms. The number of morpholine rings is 1. The first-order valence-corrected chi connectivity index (χ1v) is 11.2. The number of hydrogen-bond acceptors (Lipinski definition) is 5. The van der Waals surface area contributed by atoms with Crippen LogP contribution in [0.2, 0.25) is 5.02 Å². The second kappa shape index (κ2) is 11.9. The first kappa shape index (κ1) is 24.0. The average molecular weight is 460 g/mol. The number of methoxy groups -OCH3 is 1. The minimum Gasteiger partial charge on any atom is -0.494 e. The zero-order valence-electron chi connectivity index (χ0n) is 18.5. The molecular formula is C24H30ClN3O4. The fourth-order valence-electron chi connectivity index (χ4n) is 3.65. The van der Waals surface area contributed by atoms with Crippen molar-refractivity contribution >= 4 is 34.8 Å². The number of carbonyl (C=O) groups excluding carboxylic acids is 2. The number of nitrogens with one attached hydrogen (secondary N) is 2. The maximum atomic E-state index is 12.7. The Bertz CT molecular complexity index is 923. The molecule has 0 aromatic heterocycles. The van der Waals surface area contributed by atoms with Gasteiger partial charge in [0.15, 0.2) is 0 Å². The van der Waals surface area contributed by atoms with Crippen molar-refractivity contribution in [3.05, 3.63) is 53.1 Å². The smallest absolute Gasteiger partial charge is 0.227 e. The first-order valence-electron chi connectivity index (χ1n) is 10.8. The Morgan fingerprint density at radius 1 is 1.16 bits per heavy atom. The van der Waals surface area contributed by atoms with Crippen molar-refractivity contribution in [2.75, 3.05) is 37.4 Å². The van der Waals surface area contributed by atoms with Crippen LogP contribution in [0.25, 0.3) is 0 Å². The molecule has 3 rings (SSSR count). The summed E-state index contributed by atoms with van der Waals surface area (Å²) in [5.41, 5.74) is 2.14. The van der Waals surface area contributed by atoms with Crippen LogP contribution in [0.5, 0.6) is 5.75 Å². The fraction of sp³-hybridized carbons (Fsp3) is 0.417. The SMILES string of the molecule is CCCC(=O)Nc1cc(OC)c(NC(=O)CC2CN(Cc3ccccc3)CCO2)cc1Cl. The molecule has 1 aliphatic heterocycles. The third kappa shape index (κ3) is 6.95. The molecular weight excluding hydrogens is 430 g/mol. The molecule has 1 unspecified atom stereocenters. The van der Waals surface area contributed by atoms with Gasteiger partial charge in [-0.3, -0.25) is 14.5 Å². The molecule has 0 bridgehead atoms. The Morgan fingerprint density at radius 2 is 1.91 bits per heavy atom. The van der Waals surface area contributed by atoms with Crippen LogP contribution in [-0.2, 0) is 20.9 Å². The number of ether oxygens (including phenoxy) is 2. The van der Waals surface area contributed by atoms with E-state index >= 15 is 0 Å². The van der Waals surface area contributed by atoms with E-state index in [0.717, 1.165) is 19.5 Å². The average Bonchev–Trinajstić information content (AvgIpc) is 2.76. The lowest BCUT2D eigenvalue weighted by Crippen LogP contribution is -2.43. The van der Waals surface area contributed by atoms with Crippen LogP contribution in [0.1, 0.15) is 31.7 Å². The Labute approximate surface area is 194 Å². The largest absolute Gasteiger partial charge is 0.494 e. The van der Waals surface area contributed by atoms with Gasteiger partial charge < -0.3 is 20.1 Å². The van der Waals surface area contributed by atoms with Crippen molar-refractivity contribution in [3.8, 4) is 5.75 Å². The van der Waals surface area contributed by atoms with E-state index in [1.807, 2.05) is 25.1 Å². The van der Waals surface area contributed by atoms with Crippen LogP contribution < -0.4 is 15.4 Å². The summed E-state index contributed by atoms with van der Waals surface area (Å²) < 4.78 is 11.2. The van der Waals surface area contributed by atoms with E-state index in [4.69, 9.17) is 21.1 Å². The van der Waals surface area contributed by atoms with Crippen LogP contribution in [0, 0.1) is 0 Å². The Balaban J connectivity index is 1.59. The number of rotatable bonds is 9. The highest BCUT2D eigenvalue weighted by molar-refractivity contribution is 6.34. The summed E-state index contributed by atoms with van der Waals surface area (Å²) in [4.78, 5) is 26.9. The van der Waals surface area contributed by atoms with Gasteiger partial charge in [0.1, 0.15) is 5.75 Å². The van der Waals surface area contributed by atoms with Gasteiger partial charge in [-0.2, -0.15) is 0 Å². The molecule has 2 aromatic carbocycles. The number of carbonyl (C=O) groups is 2. The molecule has 2 amide bonds. The van der Waals surface area contributed by atoms with Gasteiger partial charge in [0.25, 0.3) is 0 Å². The van der Waals surface area contributed by atoms with Crippen molar-refractivity contribution in [1.29, 1.82) is 0 Å². The molecule has 1 heterocycles. The predicted octanol–water partition coefficient (Wildman–Crippen LogP) is 4.32. The number of halogens is 1. The van der Waals surface area contributed by atoms with Gasteiger partial charge in [0, 0.05) is 32.1 Å². The molecule has 7 nitrogen and oxygen atoms in total. The van der Waals surface area contributed by atoms with Gasteiger partial charge in [0.05, 0.1) is 42.6 Å². The molecule has 1 aliphatic rings. The highest BCUT2D eigenvalue weighted by Crippen LogP contribution is 2.35. The van der Waals surface area contributed by atoms with E-state index in [2.05, 4.69) is 27.7 Å². The van der Waals surface area contributed by atoms with E-state index in [1.165, 1.54) is 12.7 Å². The summed E-state index contributed by atoms with van der Waals surface area (Å²) in [6.07, 6.45) is 1.17. The Kier molecular flexibility index (Phi) is 8.90. The molecule has 0 saturated carbocycles. The second-order valence-electron chi connectivity index (χ2n) is 7.80. The molecule has 1 atom stereocenters. The summed E-state index contributed by atoms with van der Waals surface area (Å²) in [6.45, 7) is 4.87. The number of hydrogen-bond donors (Lipinski definition) is 2. The highest BCUT2D eigenvalue weighted by Gasteiger charge is 2.24. The van der Waals surface area contributed by atoms with Gasteiger partial charge >= 0.3 is 0 Å². The summed E-state index contributed by atoms with van der Waals surface area (Å²) in [5, 5.41) is 5.96. The number of amides is 2. The zero-order valence-corrected chi connectivity index (χ0v) is 19.3. The molecule has 32 heavy (non-hydrogen) atoms. The quantitative estimate of drug-likeness (QED) is 0.583. The van der Waals surface area contributed by atoms with Crippen LogP contribution in [0.4, 0.5) is 11.4 Å². The molecule has 0 radical (unpaired) electrons. The van der Waals surface area contributed by atoms with Gasteiger partial charge in [-0.15, -0.1) is 0 Å². The minimum absolute atomic E-state index is 0.122. The lowest BCUT2D eigenvalue weighted by molar-refractivity contribution is -0.121. The van der Waals surface area contributed by atoms with Gasteiger partial charge in [-0.25, -0.2) is 0 Å². The van der Waals surface area contributed by atoms with Gasteiger partial charge in [-0.1, -0.05) is 48.9 Å². The van der Waals surface area contributed by atoms with E-state index in [0.29, 0.717) is 41.7 Å². The lowest BCUT2D eigenvalue weighted by atomic mass is 10.1. The minimum atomic E-state index is -0.193. The van der Waals surface area contributed by atoms with Crippen LogP contribution in [-0.4, -0.2) is 49.6 Å². The lowest BCUT2D eigenvalue weighted by Gasteiger charge is -2.32. The summed E-state index contributed by atoms with van der Waals surface area (Å²) in [7, 11) is 1.50. The van der Waals surface area contributed by atoms with Crippen LogP contribution in [0.3, 0.4) is 0 Å². The van der Waals surface area contributed by atoms with E-state index in [9.17, 15) is 9.59 Å². The highest BCUT2D eigenvalue weighted by atomic mass is 35.5. The fourth-order valence-corrected chi connectivity index (χ4v) is 3.86. The predicted molar refractivity (Wildman–Crippen MR) is 126 cm³/mol. The Morgan fingerprint density at radius 3 is 2.62 bits per heavy atom. The third-order valence-corrected chi connectivity index (χ3v) is 5.51. The van der Waals surface area contributed by atoms with E-state index < -0.39 is 0 Å². The third-order valence-electron chi connectivity index (χ3n) is 5.20. The Hall–Kier alpha value is -2.61. The molecule has 172 valence electrons. The molecule has 1 fully saturated rings. The van der Waals surface area contributed by atoms with Crippen LogP contribution >= 0.6 is 11.6 Å². The van der Waals surface area contributed by atoms with Crippen molar-refractivity contribution in [3.63, 3.8) is 0 Å². The monoisotopic (exact) mass is 459 g/mol. The maximum Gasteiger partial charge on any atom is 0.227 e. The van der Waals surface area contributed by atoms with E-state index in [1.54, 1.807) is 12.1 Å². The van der Waals surface area contributed by atoms with Crippen molar-refractivity contribution in [1.82, 2.24) is 4.90 Å². The molecule has 0 aliphatic carbocycles. The number of anilines is 2. The molecule has 2 N–H and O–H groups in total. The van der Waals surface area contributed by atoms with Crippen LogP contribution in [0.15, 0.2) is 42.5 Å². The van der Waals surface area contributed by atoms with Gasteiger partial charge in [-0.05, 0) is 18.1 Å². The summed E-state index contributed by atoms with van der Waals surface area (Å²) >= 11 is 6.32. The maximum absolute atomic E-state index is 12.7. The normalized spacial score (nSPS) is 16.4. The zero-order chi connectivity index (χ0) is 22.9. The van der Waals surface area contributed by atoms with Crippen molar-refractivity contribution in [2.45, 2.75) is 38.8 Å². The molecule has 2 aromatic rings. The summed E-state index contributed by atoms with van der Waals surface area (Å²) in [6, 6.07) is 13.5. The standard InChI is InChI=1S/C24H30ClN3O4/c1-3-7-23(29)26-20-14-22(31-2)21(13-19(20)25)27-24(30)12-18-16-28(10-11-32-18)15-17-8-5-4-6-9-17/h4-6,8-9,13-14,18H,3,7,10-12,15-16H2,1-2H3,(H,26,29)(H,27,30). The molecule has 0 spiro atoms. The first-order chi connectivity index (χ1) is 15.5.